The van der Waals surface area contributed by atoms with Gasteiger partial charge in [0.25, 0.3) is 0 Å². The van der Waals surface area contributed by atoms with Crippen molar-refractivity contribution >= 4 is 9.84 Å². The molecule has 2 aromatic carbocycles. The van der Waals surface area contributed by atoms with Crippen LogP contribution in [0, 0.1) is 6.07 Å². The Kier molecular flexibility index (Phi) is 3.06. The highest BCUT2D eigenvalue weighted by Gasteiger charge is 2.14. The highest BCUT2D eigenvalue weighted by molar-refractivity contribution is 7.90. The normalized spacial score (nSPS) is 11.2. The fraction of sp³-hybridized carbons (Fsp3) is 0.0769. The Balaban J connectivity index is 2.29. The number of hydrogen-bond acceptors (Lipinski definition) is 2. The van der Waals surface area contributed by atoms with Gasteiger partial charge in [-0.3, -0.25) is 0 Å². The van der Waals surface area contributed by atoms with Crippen LogP contribution in [0.5, 0.6) is 0 Å². The van der Waals surface area contributed by atoms with Gasteiger partial charge in [0.15, 0.2) is 9.84 Å². The molecule has 0 aromatic heterocycles. The van der Waals surface area contributed by atoms with E-state index in [4.69, 9.17) is 0 Å². The van der Waals surface area contributed by atoms with Crippen LogP contribution in [0.2, 0.25) is 0 Å². The second kappa shape index (κ2) is 4.49. The van der Waals surface area contributed by atoms with Crippen molar-refractivity contribution < 1.29 is 8.42 Å². The molecule has 3 heteroatoms. The second-order valence-corrected chi connectivity index (χ2v) is 5.43. The molecule has 2 aromatic rings. The predicted octanol–water partition coefficient (Wildman–Crippen LogP) is 2.46. The molecular formula is C13H11O2S. The summed E-state index contributed by atoms with van der Waals surface area (Å²) in [6, 6.07) is 18.5. The third kappa shape index (κ3) is 2.49. The first-order chi connectivity index (χ1) is 7.68. The SMILES string of the molecule is O=S(=O)(Cc1ccccc1)c1[c]cccc1. The summed E-state index contributed by atoms with van der Waals surface area (Å²) in [5.74, 6) is 0.0222. The van der Waals surface area contributed by atoms with E-state index in [9.17, 15) is 8.42 Å². The molecule has 0 heterocycles. The number of hydrogen-bond donors (Lipinski definition) is 0. The minimum atomic E-state index is -3.27. The largest absolute Gasteiger partial charge is 0.223 e. The van der Waals surface area contributed by atoms with Gasteiger partial charge in [0.2, 0.25) is 0 Å². The zero-order valence-corrected chi connectivity index (χ0v) is 9.44. The first kappa shape index (κ1) is 10.9. The van der Waals surface area contributed by atoms with Crippen molar-refractivity contribution in [3.63, 3.8) is 0 Å². The molecule has 2 nitrogen and oxygen atoms in total. The van der Waals surface area contributed by atoms with E-state index < -0.39 is 9.84 Å². The molecule has 0 spiro atoms. The van der Waals surface area contributed by atoms with Crippen molar-refractivity contribution in [2.45, 2.75) is 10.6 Å². The molecule has 1 radical (unpaired) electrons. The molecule has 16 heavy (non-hydrogen) atoms. The summed E-state index contributed by atoms with van der Waals surface area (Å²) in [5.41, 5.74) is 0.791. The minimum absolute atomic E-state index is 0.0222. The van der Waals surface area contributed by atoms with Crippen LogP contribution in [0.3, 0.4) is 0 Å². The van der Waals surface area contributed by atoms with E-state index in [0.717, 1.165) is 5.56 Å². The fourth-order valence-corrected chi connectivity index (χ4v) is 2.76. The molecule has 0 unspecified atom stereocenters. The van der Waals surface area contributed by atoms with E-state index in [1.54, 1.807) is 36.4 Å². The van der Waals surface area contributed by atoms with Crippen LogP contribution < -0.4 is 0 Å². The standard InChI is InChI=1S/C13H11O2S/c14-16(15,13-9-5-2-6-10-13)11-12-7-3-1-4-8-12/h1-9H,11H2. The third-order valence-corrected chi connectivity index (χ3v) is 3.85. The molecular weight excluding hydrogens is 220 g/mol. The predicted molar refractivity (Wildman–Crippen MR) is 62.6 cm³/mol. The van der Waals surface area contributed by atoms with Crippen LogP contribution in [0.15, 0.2) is 59.5 Å². The van der Waals surface area contributed by atoms with E-state index >= 15 is 0 Å². The van der Waals surface area contributed by atoms with Gasteiger partial charge in [-0.15, -0.1) is 0 Å². The van der Waals surface area contributed by atoms with Crippen molar-refractivity contribution in [1.29, 1.82) is 0 Å². The minimum Gasteiger partial charge on any atom is -0.223 e. The molecule has 0 amide bonds. The fourth-order valence-electron chi connectivity index (χ4n) is 1.44. The van der Waals surface area contributed by atoms with Gasteiger partial charge in [0.05, 0.1) is 10.6 Å². The van der Waals surface area contributed by atoms with Gasteiger partial charge in [-0.25, -0.2) is 8.42 Å². The van der Waals surface area contributed by atoms with Gasteiger partial charge in [-0.2, -0.15) is 0 Å². The molecule has 2 rings (SSSR count). The Hall–Kier alpha value is -1.61. The highest BCUT2D eigenvalue weighted by Crippen LogP contribution is 2.14. The van der Waals surface area contributed by atoms with Crippen LogP contribution in [-0.4, -0.2) is 8.42 Å². The van der Waals surface area contributed by atoms with Crippen LogP contribution in [0.25, 0.3) is 0 Å². The van der Waals surface area contributed by atoms with Gasteiger partial charge in [-0.05, 0) is 11.6 Å². The maximum Gasteiger partial charge on any atom is 0.183 e. The molecule has 81 valence electrons. The average molecular weight is 231 g/mol. The summed E-state index contributed by atoms with van der Waals surface area (Å²) < 4.78 is 23.9. The lowest BCUT2D eigenvalue weighted by atomic mass is 10.2. The molecule has 0 aliphatic carbocycles. The summed E-state index contributed by atoms with van der Waals surface area (Å²) >= 11 is 0. The summed E-state index contributed by atoms with van der Waals surface area (Å²) in [6.45, 7) is 0. The highest BCUT2D eigenvalue weighted by atomic mass is 32.2. The lowest BCUT2D eigenvalue weighted by Crippen LogP contribution is -2.04. The number of rotatable bonds is 3. The summed E-state index contributed by atoms with van der Waals surface area (Å²) in [6.07, 6.45) is 0. The van der Waals surface area contributed by atoms with Gasteiger partial charge < -0.3 is 0 Å². The van der Waals surface area contributed by atoms with Gasteiger partial charge in [0, 0.05) is 6.07 Å². The second-order valence-electron chi connectivity index (χ2n) is 3.47. The zero-order valence-electron chi connectivity index (χ0n) is 8.63. The first-order valence-corrected chi connectivity index (χ1v) is 6.57. The molecule has 0 fully saturated rings. The number of benzene rings is 2. The Morgan fingerprint density at radius 1 is 0.938 bits per heavy atom. The van der Waals surface area contributed by atoms with Crippen LogP contribution in [0.4, 0.5) is 0 Å². The van der Waals surface area contributed by atoms with Gasteiger partial charge >= 0.3 is 0 Å². The summed E-state index contributed by atoms with van der Waals surface area (Å²) in [7, 11) is -3.27. The van der Waals surface area contributed by atoms with Crippen LogP contribution >= 0.6 is 0 Å². The topological polar surface area (TPSA) is 34.1 Å². The lowest BCUT2D eigenvalue weighted by molar-refractivity contribution is 0.595. The van der Waals surface area contributed by atoms with Crippen LogP contribution in [-0.2, 0) is 15.6 Å². The van der Waals surface area contributed by atoms with E-state index in [2.05, 4.69) is 6.07 Å². The van der Waals surface area contributed by atoms with Crippen molar-refractivity contribution in [2.75, 3.05) is 0 Å². The Bertz CT molecular complexity index is 545. The van der Waals surface area contributed by atoms with Crippen molar-refractivity contribution in [3.8, 4) is 0 Å². The first-order valence-electron chi connectivity index (χ1n) is 4.92. The van der Waals surface area contributed by atoms with E-state index in [1.165, 1.54) is 0 Å². The number of sulfone groups is 1. The molecule has 0 bridgehead atoms. The quantitative estimate of drug-likeness (QED) is 0.813. The van der Waals surface area contributed by atoms with Gasteiger partial charge in [-0.1, -0.05) is 48.5 Å². The van der Waals surface area contributed by atoms with E-state index in [-0.39, 0.29) is 10.6 Å². The Morgan fingerprint density at radius 2 is 1.62 bits per heavy atom. The molecule has 0 N–H and O–H groups in total. The van der Waals surface area contributed by atoms with E-state index in [0.29, 0.717) is 0 Å². The van der Waals surface area contributed by atoms with Gasteiger partial charge in [0.1, 0.15) is 0 Å². The maximum atomic E-state index is 12.0. The zero-order chi connectivity index (χ0) is 11.4. The molecule has 0 aliphatic heterocycles. The summed E-state index contributed by atoms with van der Waals surface area (Å²) in [4.78, 5) is 0.249. The molecule has 0 saturated heterocycles. The van der Waals surface area contributed by atoms with Crippen molar-refractivity contribution in [2.24, 2.45) is 0 Å². The Morgan fingerprint density at radius 3 is 2.25 bits per heavy atom. The van der Waals surface area contributed by atoms with Crippen molar-refractivity contribution in [3.05, 3.63) is 66.2 Å². The third-order valence-electron chi connectivity index (χ3n) is 2.22. The average Bonchev–Trinajstić information content (AvgIpc) is 2.31. The van der Waals surface area contributed by atoms with Crippen molar-refractivity contribution in [1.82, 2.24) is 0 Å². The van der Waals surface area contributed by atoms with Crippen LogP contribution in [0.1, 0.15) is 5.56 Å². The van der Waals surface area contributed by atoms with E-state index in [1.807, 2.05) is 18.2 Å². The Labute approximate surface area is 95.5 Å². The molecule has 0 aliphatic rings. The smallest absolute Gasteiger partial charge is 0.183 e. The summed E-state index contributed by atoms with van der Waals surface area (Å²) in [5, 5.41) is 0. The maximum absolute atomic E-state index is 12.0. The monoisotopic (exact) mass is 231 g/mol. The molecule has 0 saturated carbocycles. The lowest BCUT2D eigenvalue weighted by Gasteiger charge is -2.03. The molecule has 0 atom stereocenters.